The van der Waals surface area contributed by atoms with Crippen LogP contribution in [0.2, 0.25) is 0 Å². The second-order valence-corrected chi connectivity index (χ2v) is 6.43. The molecule has 7 heteroatoms. The van der Waals surface area contributed by atoms with Gasteiger partial charge in [0.05, 0.1) is 5.75 Å². The summed E-state index contributed by atoms with van der Waals surface area (Å²) in [6, 6.07) is 5.92. The summed E-state index contributed by atoms with van der Waals surface area (Å²) in [7, 11) is -3.47. The average Bonchev–Trinajstić information content (AvgIpc) is 2.77. The molecule has 1 N–H and O–H groups in total. The Hall–Kier alpha value is -1.89. The summed E-state index contributed by atoms with van der Waals surface area (Å²) in [5, 5.41) is 9.75. The molecule has 0 spiro atoms. The molecule has 0 fully saturated rings. The molecule has 0 amide bonds. The van der Waals surface area contributed by atoms with Crippen LogP contribution in [0.4, 0.5) is 11.7 Å². The van der Waals surface area contributed by atoms with Gasteiger partial charge < -0.3 is 9.73 Å². The molecule has 0 saturated carbocycles. The highest BCUT2D eigenvalue weighted by atomic mass is 32.2. The third kappa shape index (κ3) is 3.11. The number of sulfone groups is 1. The minimum atomic E-state index is -3.47. The van der Waals surface area contributed by atoms with Gasteiger partial charge in [0.15, 0.2) is 0 Å². The fraction of sp³-hybridized carbons (Fsp3) is 0.333. The van der Waals surface area contributed by atoms with Crippen LogP contribution in [0.5, 0.6) is 0 Å². The molecule has 0 unspecified atom stereocenters. The molecule has 0 aliphatic rings. The van der Waals surface area contributed by atoms with Crippen LogP contribution in [0, 0.1) is 13.8 Å². The van der Waals surface area contributed by atoms with Gasteiger partial charge in [0.25, 0.3) is 0 Å². The van der Waals surface area contributed by atoms with Gasteiger partial charge in [-0.05, 0) is 37.1 Å². The van der Waals surface area contributed by atoms with E-state index in [1.807, 2.05) is 32.0 Å². The number of nitrogens with zero attached hydrogens (tertiary/aromatic N) is 2. The lowest BCUT2D eigenvalue weighted by Gasteiger charge is -2.04. The molecule has 2 aromatic rings. The second-order valence-electron chi connectivity index (χ2n) is 4.28. The first kappa shape index (κ1) is 13.5. The van der Waals surface area contributed by atoms with Crippen LogP contribution >= 0.6 is 0 Å². The van der Waals surface area contributed by atoms with E-state index in [1.54, 1.807) is 0 Å². The molecule has 0 radical (unpaired) electrons. The lowest BCUT2D eigenvalue weighted by atomic mass is 10.1. The Morgan fingerprint density at radius 2 is 1.79 bits per heavy atom. The van der Waals surface area contributed by atoms with Gasteiger partial charge in [0, 0.05) is 5.69 Å². The molecule has 0 atom stereocenters. The fourth-order valence-corrected chi connectivity index (χ4v) is 2.30. The number of anilines is 2. The molecule has 0 aliphatic heterocycles. The third-order valence-corrected chi connectivity index (χ3v) is 3.98. The number of hydrogen-bond donors (Lipinski definition) is 1. The van der Waals surface area contributed by atoms with Crippen molar-refractivity contribution in [2.75, 3.05) is 11.1 Å². The van der Waals surface area contributed by atoms with Crippen molar-refractivity contribution in [2.24, 2.45) is 0 Å². The van der Waals surface area contributed by atoms with Crippen LogP contribution in [-0.4, -0.2) is 24.4 Å². The van der Waals surface area contributed by atoms with Gasteiger partial charge in [-0.1, -0.05) is 23.2 Å². The molecule has 2 rings (SSSR count). The lowest BCUT2D eigenvalue weighted by Crippen LogP contribution is -2.03. The van der Waals surface area contributed by atoms with Crippen molar-refractivity contribution in [1.29, 1.82) is 0 Å². The summed E-state index contributed by atoms with van der Waals surface area (Å²) in [4.78, 5) is 0. The smallest absolute Gasteiger partial charge is 0.336 e. The Bertz CT molecular complexity index is 672. The van der Waals surface area contributed by atoms with Gasteiger partial charge >= 0.3 is 11.2 Å². The largest absolute Gasteiger partial charge is 0.394 e. The molecule has 1 heterocycles. The van der Waals surface area contributed by atoms with Crippen LogP contribution in [-0.2, 0) is 9.84 Å². The van der Waals surface area contributed by atoms with Crippen LogP contribution in [0.15, 0.2) is 27.8 Å². The minimum absolute atomic E-state index is 0.0667. The molecule has 102 valence electrons. The van der Waals surface area contributed by atoms with E-state index in [4.69, 9.17) is 4.42 Å². The third-order valence-electron chi connectivity index (χ3n) is 2.53. The minimum Gasteiger partial charge on any atom is -0.394 e. The fourth-order valence-electron chi connectivity index (χ4n) is 1.68. The zero-order chi connectivity index (χ0) is 14.0. The van der Waals surface area contributed by atoms with Crippen molar-refractivity contribution in [2.45, 2.75) is 26.0 Å². The van der Waals surface area contributed by atoms with Gasteiger partial charge in [0.2, 0.25) is 9.84 Å². The maximum atomic E-state index is 11.6. The molecule has 1 aromatic heterocycles. The maximum absolute atomic E-state index is 11.6. The molecule has 1 aromatic carbocycles. The van der Waals surface area contributed by atoms with Crippen molar-refractivity contribution in [3.8, 4) is 0 Å². The Balaban J connectivity index is 2.25. The highest BCUT2D eigenvalue weighted by Gasteiger charge is 2.20. The van der Waals surface area contributed by atoms with Gasteiger partial charge in [0.1, 0.15) is 0 Å². The Labute approximate surface area is 111 Å². The zero-order valence-corrected chi connectivity index (χ0v) is 11.8. The first-order valence-corrected chi connectivity index (χ1v) is 7.47. The van der Waals surface area contributed by atoms with E-state index >= 15 is 0 Å². The van der Waals surface area contributed by atoms with Crippen LogP contribution in [0.25, 0.3) is 0 Å². The van der Waals surface area contributed by atoms with Gasteiger partial charge in [-0.2, -0.15) is 0 Å². The Morgan fingerprint density at radius 1 is 1.16 bits per heavy atom. The van der Waals surface area contributed by atoms with E-state index in [-0.39, 0.29) is 17.0 Å². The number of benzene rings is 1. The molecular weight excluding hydrogens is 266 g/mol. The lowest BCUT2D eigenvalue weighted by molar-refractivity contribution is 0.442. The van der Waals surface area contributed by atoms with Crippen molar-refractivity contribution in [1.82, 2.24) is 10.2 Å². The quantitative estimate of drug-likeness (QED) is 0.925. The number of rotatable bonds is 4. The van der Waals surface area contributed by atoms with Crippen LogP contribution < -0.4 is 5.32 Å². The molecule has 0 bridgehead atoms. The van der Waals surface area contributed by atoms with Crippen molar-refractivity contribution >= 4 is 21.5 Å². The van der Waals surface area contributed by atoms with Crippen LogP contribution in [0.1, 0.15) is 18.1 Å². The number of aromatic nitrogens is 2. The molecular formula is C12H15N3O3S. The van der Waals surface area contributed by atoms with E-state index in [9.17, 15) is 8.42 Å². The van der Waals surface area contributed by atoms with Gasteiger partial charge in [-0.15, -0.1) is 0 Å². The number of hydrogen-bond acceptors (Lipinski definition) is 6. The van der Waals surface area contributed by atoms with E-state index in [1.165, 1.54) is 6.92 Å². The summed E-state index contributed by atoms with van der Waals surface area (Å²) < 4.78 is 28.2. The summed E-state index contributed by atoms with van der Waals surface area (Å²) >= 11 is 0. The molecule has 0 saturated heterocycles. The Kier molecular flexibility index (Phi) is 3.57. The molecule has 6 nitrogen and oxygen atoms in total. The maximum Gasteiger partial charge on any atom is 0.336 e. The van der Waals surface area contributed by atoms with Crippen LogP contribution in [0.3, 0.4) is 0 Å². The SMILES string of the molecule is CCS(=O)(=O)c1nnc(Nc2cc(C)cc(C)c2)o1. The predicted molar refractivity (Wildman–Crippen MR) is 71.2 cm³/mol. The van der Waals surface area contributed by atoms with E-state index in [0.29, 0.717) is 0 Å². The monoisotopic (exact) mass is 281 g/mol. The highest BCUT2D eigenvalue weighted by Crippen LogP contribution is 2.20. The number of aryl methyl sites for hydroxylation is 2. The normalized spacial score (nSPS) is 11.5. The summed E-state index contributed by atoms with van der Waals surface area (Å²) in [5.74, 6) is -0.0712. The first-order valence-electron chi connectivity index (χ1n) is 5.82. The first-order chi connectivity index (χ1) is 8.90. The summed E-state index contributed by atoms with van der Waals surface area (Å²) in [6.45, 7) is 5.47. The molecule has 19 heavy (non-hydrogen) atoms. The average molecular weight is 281 g/mol. The van der Waals surface area contributed by atoms with Crippen molar-refractivity contribution < 1.29 is 12.8 Å². The summed E-state index contributed by atoms with van der Waals surface area (Å²) in [5.41, 5.74) is 2.95. The van der Waals surface area contributed by atoms with E-state index in [0.717, 1.165) is 16.8 Å². The second kappa shape index (κ2) is 5.00. The topological polar surface area (TPSA) is 85.1 Å². The summed E-state index contributed by atoms with van der Waals surface area (Å²) in [6.07, 6.45) is 0. The molecule has 0 aliphatic carbocycles. The van der Waals surface area contributed by atoms with Crippen molar-refractivity contribution in [3.63, 3.8) is 0 Å². The zero-order valence-electron chi connectivity index (χ0n) is 11.0. The highest BCUT2D eigenvalue weighted by molar-refractivity contribution is 7.91. The predicted octanol–water partition coefficient (Wildman–Crippen LogP) is 2.22. The standard InChI is InChI=1S/C12H15N3O3S/c1-4-19(16,17)12-15-14-11(18-12)13-10-6-8(2)5-9(3)7-10/h5-7H,4H2,1-3H3,(H,13,14). The number of nitrogens with one attached hydrogen (secondary N) is 1. The van der Waals surface area contributed by atoms with Gasteiger partial charge in [-0.25, -0.2) is 8.42 Å². The van der Waals surface area contributed by atoms with E-state index < -0.39 is 9.84 Å². The van der Waals surface area contributed by atoms with Crippen molar-refractivity contribution in [3.05, 3.63) is 29.3 Å². The Morgan fingerprint density at radius 3 is 2.37 bits per heavy atom. The van der Waals surface area contributed by atoms with Gasteiger partial charge in [-0.3, -0.25) is 0 Å². The van der Waals surface area contributed by atoms with E-state index in [2.05, 4.69) is 15.5 Å².